The van der Waals surface area contributed by atoms with E-state index in [9.17, 15) is 4.39 Å². The van der Waals surface area contributed by atoms with Gasteiger partial charge in [-0.15, -0.1) is 24.0 Å². The first-order valence-electron chi connectivity index (χ1n) is 10.7. The Labute approximate surface area is 198 Å². The largest absolute Gasteiger partial charge is 0.379 e. The summed E-state index contributed by atoms with van der Waals surface area (Å²) in [7, 11) is 1.78. The minimum Gasteiger partial charge on any atom is -0.379 e. The van der Waals surface area contributed by atoms with E-state index < -0.39 is 0 Å². The number of morpholine rings is 1. The van der Waals surface area contributed by atoms with Crippen LogP contribution >= 0.6 is 24.0 Å². The zero-order valence-corrected chi connectivity index (χ0v) is 21.0. The molecule has 1 fully saturated rings. The van der Waals surface area contributed by atoms with Crippen molar-refractivity contribution in [1.29, 1.82) is 0 Å². The average Bonchev–Trinajstić information content (AvgIpc) is 2.73. The molecule has 0 spiro atoms. The Kier molecular flexibility index (Phi) is 13.5. The Morgan fingerprint density at radius 2 is 1.87 bits per heavy atom. The molecule has 1 aromatic carbocycles. The highest BCUT2D eigenvalue weighted by atomic mass is 127. The van der Waals surface area contributed by atoms with Crippen LogP contribution in [0.25, 0.3) is 0 Å². The van der Waals surface area contributed by atoms with Gasteiger partial charge in [0.2, 0.25) is 0 Å². The number of nitrogens with one attached hydrogen (secondary N) is 2. The first-order valence-corrected chi connectivity index (χ1v) is 10.7. The molecule has 0 bridgehead atoms. The van der Waals surface area contributed by atoms with Crippen molar-refractivity contribution < 1.29 is 13.9 Å². The predicted octanol–water partition coefficient (Wildman–Crippen LogP) is 3.43. The molecule has 2 atom stereocenters. The molecule has 0 radical (unpaired) electrons. The highest BCUT2D eigenvalue weighted by Crippen LogP contribution is 2.21. The van der Waals surface area contributed by atoms with Crippen molar-refractivity contribution in [3.8, 4) is 0 Å². The molecule has 8 heteroatoms. The molecular weight excluding hydrogens is 498 g/mol. The van der Waals surface area contributed by atoms with Crippen LogP contribution in [0.3, 0.4) is 0 Å². The van der Waals surface area contributed by atoms with E-state index in [1.807, 2.05) is 19.1 Å². The molecule has 2 unspecified atom stereocenters. The standard InChI is InChI=1S/C22H37FN4O2.HI/c1-5-29-21(17(2)3)10-11-25-22(24-4)26-16-20(27-12-14-28-15-13-27)18-6-8-19(23)9-7-18;/h6-9,17,20-21H,5,10-16H2,1-4H3,(H2,24,25,26);1H. The van der Waals surface area contributed by atoms with E-state index in [0.29, 0.717) is 12.5 Å². The summed E-state index contributed by atoms with van der Waals surface area (Å²) in [6.45, 7) is 11.8. The molecule has 30 heavy (non-hydrogen) atoms. The zero-order valence-electron chi connectivity index (χ0n) is 18.7. The van der Waals surface area contributed by atoms with Gasteiger partial charge in [-0.1, -0.05) is 26.0 Å². The number of ether oxygens (including phenoxy) is 2. The lowest BCUT2D eigenvalue weighted by molar-refractivity contribution is 0.0169. The molecule has 1 aliphatic heterocycles. The summed E-state index contributed by atoms with van der Waals surface area (Å²) in [6.07, 6.45) is 1.17. The third kappa shape index (κ3) is 9.03. The summed E-state index contributed by atoms with van der Waals surface area (Å²) >= 11 is 0. The molecule has 0 amide bonds. The van der Waals surface area contributed by atoms with Gasteiger partial charge in [0.15, 0.2) is 5.96 Å². The molecule has 0 saturated carbocycles. The number of hydrogen-bond acceptors (Lipinski definition) is 4. The van der Waals surface area contributed by atoms with Gasteiger partial charge in [0.25, 0.3) is 0 Å². The molecule has 172 valence electrons. The van der Waals surface area contributed by atoms with Crippen LogP contribution in [0.2, 0.25) is 0 Å². The average molecular weight is 536 g/mol. The van der Waals surface area contributed by atoms with Gasteiger partial charge in [-0.2, -0.15) is 0 Å². The van der Waals surface area contributed by atoms with Crippen molar-refractivity contribution in [3.05, 3.63) is 35.6 Å². The van der Waals surface area contributed by atoms with E-state index in [2.05, 4.69) is 34.4 Å². The minimum atomic E-state index is -0.214. The van der Waals surface area contributed by atoms with Crippen LogP contribution in [0.15, 0.2) is 29.3 Å². The third-order valence-electron chi connectivity index (χ3n) is 5.27. The minimum absolute atomic E-state index is 0. The van der Waals surface area contributed by atoms with Gasteiger partial charge in [0.1, 0.15) is 5.82 Å². The molecule has 1 aliphatic rings. The molecule has 0 aromatic heterocycles. The number of benzene rings is 1. The normalized spacial score (nSPS) is 17.3. The molecule has 0 aliphatic carbocycles. The number of nitrogens with zero attached hydrogens (tertiary/aromatic N) is 2. The Bertz CT molecular complexity index is 610. The second-order valence-electron chi connectivity index (χ2n) is 7.62. The zero-order chi connectivity index (χ0) is 21.1. The first kappa shape index (κ1) is 27.1. The molecular formula is C22H38FIN4O2. The summed E-state index contributed by atoms with van der Waals surface area (Å²) in [4.78, 5) is 6.73. The van der Waals surface area contributed by atoms with Gasteiger partial charge < -0.3 is 20.1 Å². The van der Waals surface area contributed by atoms with E-state index in [1.165, 1.54) is 12.1 Å². The number of rotatable bonds is 10. The van der Waals surface area contributed by atoms with Crippen LogP contribution in [0, 0.1) is 11.7 Å². The number of guanidine groups is 1. The Balaban J connectivity index is 0.00000450. The molecule has 2 N–H and O–H groups in total. The second-order valence-corrected chi connectivity index (χ2v) is 7.62. The fraction of sp³-hybridized carbons (Fsp3) is 0.682. The molecule has 2 rings (SSSR count). The van der Waals surface area contributed by atoms with E-state index in [0.717, 1.165) is 57.4 Å². The highest BCUT2D eigenvalue weighted by Gasteiger charge is 2.23. The van der Waals surface area contributed by atoms with E-state index in [1.54, 1.807) is 7.05 Å². The van der Waals surface area contributed by atoms with Crippen molar-refractivity contribution in [2.24, 2.45) is 10.9 Å². The highest BCUT2D eigenvalue weighted by molar-refractivity contribution is 14.0. The molecule has 6 nitrogen and oxygen atoms in total. The smallest absolute Gasteiger partial charge is 0.191 e. The summed E-state index contributed by atoms with van der Waals surface area (Å²) in [5.74, 6) is 1.04. The Morgan fingerprint density at radius 1 is 1.20 bits per heavy atom. The van der Waals surface area contributed by atoms with Gasteiger partial charge in [-0.05, 0) is 37.0 Å². The Hall–Kier alpha value is -0.970. The van der Waals surface area contributed by atoms with Crippen LogP contribution in [-0.4, -0.2) is 70.0 Å². The number of hydrogen-bond donors (Lipinski definition) is 2. The van der Waals surface area contributed by atoms with Crippen LogP contribution < -0.4 is 10.6 Å². The monoisotopic (exact) mass is 536 g/mol. The second kappa shape index (κ2) is 14.9. The van der Waals surface area contributed by atoms with E-state index in [-0.39, 0.29) is 41.9 Å². The van der Waals surface area contributed by atoms with Gasteiger partial charge in [-0.25, -0.2) is 4.39 Å². The summed E-state index contributed by atoms with van der Waals surface area (Å²) < 4.78 is 24.7. The van der Waals surface area contributed by atoms with Crippen LogP contribution in [0.4, 0.5) is 4.39 Å². The van der Waals surface area contributed by atoms with Gasteiger partial charge in [-0.3, -0.25) is 9.89 Å². The van der Waals surface area contributed by atoms with Gasteiger partial charge in [0, 0.05) is 39.8 Å². The topological polar surface area (TPSA) is 58.1 Å². The van der Waals surface area contributed by atoms with Crippen LogP contribution in [-0.2, 0) is 9.47 Å². The lowest BCUT2D eigenvalue weighted by Crippen LogP contribution is -2.46. The summed E-state index contributed by atoms with van der Waals surface area (Å²) in [5, 5.41) is 6.82. The quantitative estimate of drug-likeness (QED) is 0.273. The lowest BCUT2D eigenvalue weighted by atomic mass is 10.0. The SMILES string of the molecule is CCOC(CCNC(=NC)NCC(c1ccc(F)cc1)N1CCOCC1)C(C)C.I. The van der Waals surface area contributed by atoms with Crippen LogP contribution in [0.5, 0.6) is 0 Å². The van der Waals surface area contributed by atoms with E-state index >= 15 is 0 Å². The Morgan fingerprint density at radius 3 is 2.43 bits per heavy atom. The third-order valence-corrected chi connectivity index (χ3v) is 5.27. The van der Waals surface area contributed by atoms with Crippen molar-refractivity contribution in [3.63, 3.8) is 0 Å². The summed E-state index contributed by atoms with van der Waals surface area (Å²) in [5.41, 5.74) is 1.09. The van der Waals surface area contributed by atoms with Gasteiger partial charge >= 0.3 is 0 Å². The molecule has 1 saturated heterocycles. The van der Waals surface area contributed by atoms with Crippen molar-refractivity contribution >= 4 is 29.9 Å². The lowest BCUT2D eigenvalue weighted by Gasteiger charge is -2.35. The summed E-state index contributed by atoms with van der Waals surface area (Å²) in [6, 6.07) is 6.90. The molecule has 1 heterocycles. The van der Waals surface area contributed by atoms with Crippen molar-refractivity contribution in [1.82, 2.24) is 15.5 Å². The number of halogens is 2. The first-order chi connectivity index (χ1) is 14.0. The predicted molar refractivity (Wildman–Crippen MR) is 131 cm³/mol. The fourth-order valence-corrected chi connectivity index (χ4v) is 3.60. The van der Waals surface area contributed by atoms with Crippen molar-refractivity contribution in [2.75, 3.05) is 53.0 Å². The number of aliphatic imine (C=N–C) groups is 1. The maximum Gasteiger partial charge on any atom is 0.191 e. The molecule has 1 aromatic rings. The van der Waals surface area contributed by atoms with Crippen molar-refractivity contribution in [2.45, 2.75) is 39.3 Å². The maximum absolute atomic E-state index is 13.4. The fourth-order valence-electron chi connectivity index (χ4n) is 3.60. The van der Waals surface area contributed by atoms with Gasteiger partial charge in [0.05, 0.1) is 25.4 Å². The van der Waals surface area contributed by atoms with Crippen LogP contribution in [0.1, 0.15) is 38.8 Å². The maximum atomic E-state index is 13.4. The van der Waals surface area contributed by atoms with E-state index in [4.69, 9.17) is 9.47 Å².